The fraction of sp³-hybridized carbons (Fsp3) is 0.538. The highest BCUT2D eigenvalue weighted by atomic mass is 16.6. The Morgan fingerprint density at radius 1 is 1.33 bits per heavy atom. The third-order valence-corrected chi connectivity index (χ3v) is 4.05. The van der Waals surface area contributed by atoms with E-state index in [2.05, 4.69) is 25.9 Å². The minimum Gasteiger partial charge on any atom is -0.360 e. The third kappa shape index (κ3) is 2.46. The van der Waals surface area contributed by atoms with Gasteiger partial charge in [-0.25, -0.2) is 0 Å². The summed E-state index contributed by atoms with van der Waals surface area (Å²) in [4.78, 5) is 12.6. The van der Waals surface area contributed by atoms with Gasteiger partial charge in [0.1, 0.15) is 6.04 Å². The molecule has 1 fully saturated rings. The molecule has 0 N–H and O–H groups in total. The molecule has 5 heteroatoms. The number of anilines is 1. The van der Waals surface area contributed by atoms with Crippen molar-refractivity contribution >= 4 is 11.4 Å². The van der Waals surface area contributed by atoms with Crippen molar-refractivity contribution in [1.82, 2.24) is 0 Å². The minimum atomic E-state index is -0.359. The largest absolute Gasteiger partial charge is 0.360 e. The molecule has 1 aromatic rings. The topological polar surface area (TPSA) is 46.4 Å². The molecule has 5 nitrogen and oxygen atoms in total. The van der Waals surface area contributed by atoms with Gasteiger partial charge in [0.2, 0.25) is 0 Å². The van der Waals surface area contributed by atoms with Gasteiger partial charge in [-0.2, -0.15) is 0 Å². The van der Waals surface area contributed by atoms with Crippen molar-refractivity contribution < 1.29 is 9.41 Å². The van der Waals surface area contributed by atoms with E-state index in [0.717, 1.165) is 29.8 Å². The second-order valence-electron chi connectivity index (χ2n) is 5.57. The SMILES string of the molecule is CC1CN(c2ccc([N+](=O)[O-])cc2)CC[N+]1(C)C. The number of non-ortho nitro benzene ring substituents is 1. The number of piperazine rings is 1. The van der Waals surface area contributed by atoms with Crippen molar-refractivity contribution in [2.24, 2.45) is 0 Å². The van der Waals surface area contributed by atoms with Gasteiger partial charge in [0.25, 0.3) is 5.69 Å². The summed E-state index contributed by atoms with van der Waals surface area (Å²) in [6.07, 6.45) is 0. The van der Waals surface area contributed by atoms with Crippen LogP contribution in [-0.4, -0.2) is 49.2 Å². The Hall–Kier alpha value is -1.62. The van der Waals surface area contributed by atoms with E-state index in [0.29, 0.717) is 6.04 Å². The van der Waals surface area contributed by atoms with Gasteiger partial charge in [-0.05, 0) is 19.1 Å². The van der Waals surface area contributed by atoms with E-state index in [1.165, 1.54) is 0 Å². The molecule has 0 radical (unpaired) electrons. The lowest BCUT2D eigenvalue weighted by molar-refractivity contribution is -0.913. The van der Waals surface area contributed by atoms with Crippen LogP contribution in [0.5, 0.6) is 0 Å². The average molecular weight is 250 g/mol. The first kappa shape index (κ1) is 12.8. The highest BCUT2D eigenvalue weighted by Crippen LogP contribution is 2.23. The molecule has 1 unspecified atom stereocenters. The standard InChI is InChI=1S/C13H20N3O2/c1-11-10-14(8-9-16(11,2)3)12-4-6-13(7-5-12)15(17)18/h4-7,11H,8-10H2,1-3H3/q+1. The van der Waals surface area contributed by atoms with Crippen LogP contribution in [0.3, 0.4) is 0 Å². The van der Waals surface area contributed by atoms with Crippen molar-refractivity contribution in [3.63, 3.8) is 0 Å². The maximum atomic E-state index is 10.6. The lowest BCUT2D eigenvalue weighted by Crippen LogP contribution is -2.60. The molecule has 0 aliphatic carbocycles. The van der Waals surface area contributed by atoms with Crippen molar-refractivity contribution in [1.29, 1.82) is 0 Å². The molecule has 1 aliphatic heterocycles. The minimum absolute atomic E-state index is 0.153. The van der Waals surface area contributed by atoms with Crippen LogP contribution in [0.25, 0.3) is 0 Å². The molecule has 0 spiro atoms. The Balaban J connectivity index is 2.11. The van der Waals surface area contributed by atoms with Gasteiger partial charge in [-0.15, -0.1) is 0 Å². The van der Waals surface area contributed by atoms with Crippen LogP contribution in [0.15, 0.2) is 24.3 Å². The smallest absolute Gasteiger partial charge is 0.269 e. The Labute approximate surface area is 107 Å². The molecule has 1 saturated heterocycles. The number of hydrogen-bond donors (Lipinski definition) is 0. The summed E-state index contributed by atoms with van der Waals surface area (Å²) in [6.45, 7) is 5.33. The third-order valence-electron chi connectivity index (χ3n) is 4.05. The van der Waals surface area contributed by atoms with Crippen LogP contribution < -0.4 is 4.90 Å². The second kappa shape index (κ2) is 4.57. The quantitative estimate of drug-likeness (QED) is 0.457. The number of benzene rings is 1. The maximum Gasteiger partial charge on any atom is 0.269 e. The van der Waals surface area contributed by atoms with Crippen LogP contribution in [0.1, 0.15) is 6.92 Å². The number of quaternary nitrogens is 1. The van der Waals surface area contributed by atoms with Crippen molar-refractivity contribution in [3.8, 4) is 0 Å². The van der Waals surface area contributed by atoms with Crippen LogP contribution in [0, 0.1) is 10.1 Å². The maximum absolute atomic E-state index is 10.6. The Morgan fingerprint density at radius 3 is 2.44 bits per heavy atom. The van der Waals surface area contributed by atoms with Crippen LogP contribution in [0.2, 0.25) is 0 Å². The molecule has 1 atom stereocenters. The molecule has 0 aromatic heterocycles. The van der Waals surface area contributed by atoms with Gasteiger partial charge >= 0.3 is 0 Å². The van der Waals surface area contributed by atoms with E-state index in [-0.39, 0.29) is 10.6 Å². The predicted octanol–water partition coefficient (Wildman–Crippen LogP) is 1.88. The predicted molar refractivity (Wildman–Crippen MR) is 71.7 cm³/mol. The van der Waals surface area contributed by atoms with Crippen molar-refractivity contribution in [3.05, 3.63) is 34.4 Å². The lowest BCUT2D eigenvalue weighted by Gasteiger charge is -2.45. The van der Waals surface area contributed by atoms with E-state index in [4.69, 9.17) is 0 Å². The molecule has 0 bridgehead atoms. The number of hydrogen-bond acceptors (Lipinski definition) is 3. The van der Waals surface area contributed by atoms with Crippen LogP contribution >= 0.6 is 0 Å². The van der Waals surface area contributed by atoms with E-state index < -0.39 is 0 Å². The molecule has 1 aliphatic rings. The fourth-order valence-corrected chi connectivity index (χ4v) is 2.25. The molecule has 0 amide bonds. The summed E-state index contributed by atoms with van der Waals surface area (Å²) in [5, 5.41) is 10.6. The first-order valence-corrected chi connectivity index (χ1v) is 6.22. The van der Waals surface area contributed by atoms with Crippen molar-refractivity contribution in [2.45, 2.75) is 13.0 Å². The Morgan fingerprint density at radius 2 is 1.94 bits per heavy atom. The van der Waals surface area contributed by atoms with Gasteiger partial charge < -0.3 is 9.38 Å². The summed E-state index contributed by atoms with van der Waals surface area (Å²) in [5.41, 5.74) is 1.23. The van der Waals surface area contributed by atoms with Gasteiger partial charge in [0.05, 0.1) is 38.7 Å². The zero-order chi connectivity index (χ0) is 13.3. The normalized spacial score (nSPS) is 22.8. The van der Waals surface area contributed by atoms with E-state index >= 15 is 0 Å². The molecule has 2 rings (SSSR count). The number of nitrogens with zero attached hydrogens (tertiary/aromatic N) is 3. The molecule has 18 heavy (non-hydrogen) atoms. The zero-order valence-corrected chi connectivity index (χ0v) is 11.2. The summed E-state index contributed by atoms with van der Waals surface area (Å²) in [6, 6.07) is 7.41. The summed E-state index contributed by atoms with van der Waals surface area (Å²) >= 11 is 0. The average Bonchev–Trinajstić information content (AvgIpc) is 2.33. The zero-order valence-electron chi connectivity index (χ0n) is 11.2. The van der Waals surface area contributed by atoms with Crippen molar-refractivity contribution in [2.75, 3.05) is 38.6 Å². The second-order valence-corrected chi connectivity index (χ2v) is 5.57. The molecule has 98 valence electrons. The Bertz CT molecular complexity index is 442. The highest BCUT2D eigenvalue weighted by Gasteiger charge is 2.31. The monoisotopic (exact) mass is 250 g/mol. The molecule has 1 aromatic carbocycles. The lowest BCUT2D eigenvalue weighted by atomic mass is 10.1. The Kier molecular flexibility index (Phi) is 3.26. The number of nitro groups is 1. The van der Waals surface area contributed by atoms with Gasteiger partial charge in [-0.3, -0.25) is 10.1 Å². The van der Waals surface area contributed by atoms with E-state index in [1.54, 1.807) is 12.1 Å². The van der Waals surface area contributed by atoms with Gasteiger partial charge in [0.15, 0.2) is 0 Å². The molecule has 1 heterocycles. The fourth-order valence-electron chi connectivity index (χ4n) is 2.25. The number of likely N-dealkylation sites (N-methyl/N-ethyl adjacent to an activating group) is 1. The van der Waals surface area contributed by atoms with Gasteiger partial charge in [-0.1, -0.05) is 0 Å². The van der Waals surface area contributed by atoms with E-state index in [9.17, 15) is 10.1 Å². The van der Waals surface area contributed by atoms with Crippen LogP contribution in [-0.2, 0) is 0 Å². The summed E-state index contributed by atoms with van der Waals surface area (Å²) in [7, 11) is 4.50. The summed E-state index contributed by atoms with van der Waals surface area (Å²) in [5.74, 6) is 0. The molecular formula is C13H20N3O2+. The van der Waals surface area contributed by atoms with Gasteiger partial charge in [0, 0.05) is 17.8 Å². The molecule has 0 saturated carbocycles. The number of rotatable bonds is 2. The number of nitro benzene ring substituents is 1. The van der Waals surface area contributed by atoms with E-state index in [1.807, 2.05) is 12.1 Å². The molecular weight excluding hydrogens is 230 g/mol. The summed E-state index contributed by atoms with van der Waals surface area (Å²) < 4.78 is 1.03. The first-order chi connectivity index (χ1) is 8.40. The highest BCUT2D eigenvalue weighted by molar-refractivity contribution is 5.51. The van der Waals surface area contributed by atoms with Crippen LogP contribution in [0.4, 0.5) is 11.4 Å². The first-order valence-electron chi connectivity index (χ1n) is 6.22.